The SMILES string of the molecule is Cc1c(C(=O)NC(CC(C)C)c2nc3ccccc3[nH]2)sc2nc3n(c(=O)c12)CCCCC3. The fraction of sp³-hybridized carbons (Fsp3) is 0.440. The zero-order valence-corrected chi connectivity index (χ0v) is 20.1. The number of nitrogens with one attached hydrogen (secondary N) is 2. The number of para-hydroxylation sites is 2. The topological polar surface area (TPSA) is 92.7 Å². The van der Waals surface area contributed by atoms with E-state index in [4.69, 9.17) is 9.97 Å². The minimum atomic E-state index is -0.250. The Labute approximate surface area is 196 Å². The molecule has 0 saturated heterocycles. The molecule has 1 atom stereocenters. The van der Waals surface area contributed by atoms with Gasteiger partial charge in [0.25, 0.3) is 11.5 Å². The highest BCUT2D eigenvalue weighted by Gasteiger charge is 2.25. The summed E-state index contributed by atoms with van der Waals surface area (Å²) in [7, 11) is 0. The van der Waals surface area contributed by atoms with Gasteiger partial charge in [0.1, 0.15) is 16.5 Å². The van der Waals surface area contributed by atoms with E-state index >= 15 is 0 Å². The Kier molecular flexibility index (Phi) is 5.78. The summed E-state index contributed by atoms with van der Waals surface area (Å²) in [5.74, 6) is 1.79. The number of thiophene rings is 1. The van der Waals surface area contributed by atoms with Crippen LogP contribution < -0.4 is 10.9 Å². The Bertz CT molecular complexity index is 1360. The van der Waals surface area contributed by atoms with Crippen molar-refractivity contribution < 1.29 is 4.79 Å². The van der Waals surface area contributed by atoms with Gasteiger partial charge in [-0.3, -0.25) is 14.2 Å². The molecule has 7 nitrogen and oxygen atoms in total. The van der Waals surface area contributed by atoms with Crippen LogP contribution in [0.2, 0.25) is 0 Å². The molecule has 33 heavy (non-hydrogen) atoms. The van der Waals surface area contributed by atoms with Crippen LogP contribution in [-0.4, -0.2) is 25.4 Å². The van der Waals surface area contributed by atoms with Crippen LogP contribution in [0.4, 0.5) is 0 Å². The van der Waals surface area contributed by atoms with Crippen molar-refractivity contribution >= 4 is 38.5 Å². The largest absolute Gasteiger partial charge is 0.341 e. The molecular formula is C25H29N5O2S. The van der Waals surface area contributed by atoms with Gasteiger partial charge in [-0.1, -0.05) is 32.4 Å². The van der Waals surface area contributed by atoms with E-state index in [-0.39, 0.29) is 17.5 Å². The van der Waals surface area contributed by atoms with Crippen LogP contribution in [0.1, 0.15) is 72.5 Å². The summed E-state index contributed by atoms with van der Waals surface area (Å²) in [4.78, 5) is 40.8. The van der Waals surface area contributed by atoms with Gasteiger partial charge >= 0.3 is 0 Å². The molecule has 2 N–H and O–H groups in total. The Morgan fingerprint density at radius 1 is 1.21 bits per heavy atom. The number of hydrogen-bond acceptors (Lipinski definition) is 5. The number of aromatic nitrogens is 4. The maximum absolute atomic E-state index is 13.4. The lowest BCUT2D eigenvalue weighted by Crippen LogP contribution is -2.30. The van der Waals surface area contributed by atoms with Crippen LogP contribution in [0.3, 0.4) is 0 Å². The van der Waals surface area contributed by atoms with Crippen molar-refractivity contribution in [3.63, 3.8) is 0 Å². The summed E-state index contributed by atoms with van der Waals surface area (Å²) >= 11 is 1.32. The number of aromatic amines is 1. The van der Waals surface area contributed by atoms with Crippen LogP contribution in [0.25, 0.3) is 21.3 Å². The minimum Gasteiger partial charge on any atom is -0.341 e. The number of H-pyrrole nitrogens is 1. The molecule has 0 fully saturated rings. The fourth-order valence-corrected chi connectivity index (χ4v) is 5.79. The molecule has 0 aliphatic carbocycles. The third-order valence-corrected chi connectivity index (χ3v) is 7.55. The minimum absolute atomic E-state index is 0.0132. The van der Waals surface area contributed by atoms with Crippen molar-refractivity contribution in [1.82, 2.24) is 24.8 Å². The van der Waals surface area contributed by atoms with Gasteiger partial charge in [0.05, 0.1) is 27.3 Å². The second kappa shape index (κ2) is 8.74. The van der Waals surface area contributed by atoms with Crippen molar-refractivity contribution in [3.05, 3.63) is 56.7 Å². The number of fused-ring (bicyclic) bond motifs is 3. The molecular weight excluding hydrogens is 434 g/mol. The van der Waals surface area contributed by atoms with Crippen molar-refractivity contribution in [1.29, 1.82) is 0 Å². The van der Waals surface area contributed by atoms with Crippen LogP contribution >= 0.6 is 11.3 Å². The molecule has 8 heteroatoms. The number of nitrogens with zero attached hydrogens (tertiary/aromatic N) is 3. The van der Waals surface area contributed by atoms with Crippen molar-refractivity contribution in [2.75, 3.05) is 0 Å². The van der Waals surface area contributed by atoms with Gasteiger partial charge in [-0.15, -0.1) is 11.3 Å². The predicted molar refractivity (Wildman–Crippen MR) is 132 cm³/mol. The molecule has 4 aromatic rings. The quantitative estimate of drug-likeness (QED) is 0.441. The number of rotatable bonds is 5. The molecule has 0 spiro atoms. The molecule has 1 unspecified atom stereocenters. The third-order valence-electron chi connectivity index (χ3n) is 6.37. The molecule has 1 amide bonds. The van der Waals surface area contributed by atoms with Crippen molar-refractivity contribution in [3.8, 4) is 0 Å². The van der Waals surface area contributed by atoms with Crippen LogP contribution in [0.15, 0.2) is 29.1 Å². The first kappa shape index (κ1) is 21.8. The Balaban J connectivity index is 1.50. The lowest BCUT2D eigenvalue weighted by atomic mass is 10.0. The molecule has 0 saturated carbocycles. The zero-order valence-electron chi connectivity index (χ0n) is 19.3. The normalized spacial score (nSPS) is 15.0. The Morgan fingerprint density at radius 3 is 2.82 bits per heavy atom. The number of carbonyl (C=O) groups is 1. The van der Waals surface area contributed by atoms with Crippen LogP contribution in [-0.2, 0) is 13.0 Å². The van der Waals surface area contributed by atoms with E-state index in [1.54, 1.807) is 0 Å². The molecule has 5 rings (SSSR count). The van der Waals surface area contributed by atoms with E-state index < -0.39 is 0 Å². The summed E-state index contributed by atoms with van der Waals surface area (Å²) in [6.07, 6.45) is 4.72. The van der Waals surface area contributed by atoms with Gasteiger partial charge < -0.3 is 10.3 Å². The molecule has 1 aromatic carbocycles. The Morgan fingerprint density at radius 2 is 2.03 bits per heavy atom. The predicted octanol–water partition coefficient (Wildman–Crippen LogP) is 4.89. The van der Waals surface area contributed by atoms with Crippen molar-refractivity contribution in [2.45, 2.75) is 65.5 Å². The summed E-state index contributed by atoms with van der Waals surface area (Å²) < 4.78 is 1.81. The molecule has 1 aliphatic heterocycles. The second-order valence-electron chi connectivity index (χ2n) is 9.33. The fourth-order valence-electron chi connectivity index (χ4n) is 4.70. The molecule has 1 aliphatic rings. The summed E-state index contributed by atoms with van der Waals surface area (Å²) in [6.45, 7) is 6.82. The number of hydrogen-bond donors (Lipinski definition) is 2. The Hall–Kier alpha value is -3.00. The van der Waals surface area contributed by atoms with E-state index in [9.17, 15) is 9.59 Å². The highest BCUT2D eigenvalue weighted by atomic mass is 32.1. The summed E-state index contributed by atoms with van der Waals surface area (Å²) in [5.41, 5.74) is 2.54. The van der Waals surface area contributed by atoms with Gasteiger partial charge in [0.15, 0.2) is 0 Å². The summed E-state index contributed by atoms with van der Waals surface area (Å²) in [6, 6.07) is 7.62. The first-order chi connectivity index (χ1) is 15.9. The number of imidazole rings is 1. The molecule has 172 valence electrons. The highest BCUT2D eigenvalue weighted by Crippen LogP contribution is 2.30. The molecule has 4 heterocycles. The highest BCUT2D eigenvalue weighted by molar-refractivity contribution is 7.20. The third kappa shape index (κ3) is 4.08. The first-order valence-corrected chi connectivity index (χ1v) is 12.5. The van der Waals surface area contributed by atoms with E-state index in [0.29, 0.717) is 27.6 Å². The second-order valence-corrected chi connectivity index (χ2v) is 10.3. The van der Waals surface area contributed by atoms with Gasteiger partial charge in [-0.05, 0) is 49.8 Å². The van der Waals surface area contributed by atoms with Gasteiger partial charge in [-0.25, -0.2) is 9.97 Å². The maximum atomic E-state index is 13.4. The number of aryl methyl sites for hydroxylation is 2. The van der Waals surface area contributed by atoms with E-state index in [1.807, 2.05) is 35.8 Å². The zero-order chi connectivity index (χ0) is 23.1. The van der Waals surface area contributed by atoms with Crippen LogP contribution in [0.5, 0.6) is 0 Å². The monoisotopic (exact) mass is 463 g/mol. The maximum Gasteiger partial charge on any atom is 0.262 e. The molecule has 0 radical (unpaired) electrons. The van der Waals surface area contributed by atoms with E-state index in [2.05, 4.69) is 24.1 Å². The standard InChI is InChI=1S/C25H29N5O2S/c1-14(2)13-18(22-26-16-9-6-7-10-17(16)27-22)28-23(31)21-15(3)20-24(33-21)29-19-11-5-4-8-12-30(19)25(20)32/h6-7,9-10,14,18H,4-5,8,11-13H2,1-3H3,(H,26,27)(H,28,31). The smallest absolute Gasteiger partial charge is 0.262 e. The van der Waals surface area contributed by atoms with E-state index in [0.717, 1.165) is 60.3 Å². The lowest BCUT2D eigenvalue weighted by molar-refractivity contribution is 0.0933. The van der Waals surface area contributed by atoms with E-state index in [1.165, 1.54) is 11.3 Å². The average Bonchev–Trinajstić information content (AvgIpc) is 3.26. The summed E-state index contributed by atoms with van der Waals surface area (Å²) in [5, 5.41) is 3.77. The number of carbonyl (C=O) groups excluding carboxylic acids is 1. The van der Waals surface area contributed by atoms with Gasteiger partial charge in [-0.2, -0.15) is 0 Å². The number of benzene rings is 1. The van der Waals surface area contributed by atoms with Crippen LogP contribution in [0, 0.1) is 12.8 Å². The van der Waals surface area contributed by atoms with Gasteiger partial charge in [0, 0.05) is 13.0 Å². The van der Waals surface area contributed by atoms with Gasteiger partial charge in [0.2, 0.25) is 0 Å². The van der Waals surface area contributed by atoms with Crippen molar-refractivity contribution in [2.24, 2.45) is 5.92 Å². The molecule has 0 bridgehead atoms. The first-order valence-electron chi connectivity index (χ1n) is 11.7. The average molecular weight is 464 g/mol. The molecule has 3 aromatic heterocycles. The lowest BCUT2D eigenvalue weighted by Gasteiger charge is -2.18. The number of amides is 1.